The third kappa shape index (κ3) is 2.03. The minimum Gasteiger partial charge on any atom is -0.350 e. The zero-order valence-corrected chi connectivity index (χ0v) is 9.16. The second-order valence-corrected chi connectivity index (χ2v) is 4.94. The monoisotopic (exact) mass is 207 g/mol. The fourth-order valence-electron chi connectivity index (χ4n) is 2.29. The normalized spacial score (nSPS) is 34.4. The molecule has 2 amide bonds. The van der Waals surface area contributed by atoms with E-state index >= 15 is 0 Å². The Morgan fingerprint density at radius 3 is 3.07 bits per heavy atom. The predicted molar refractivity (Wildman–Crippen MR) is 59.3 cm³/mol. The number of nitrogens with zero attached hydrogens (tertiary/aromatic N) is 1. The molecule has 0 spiro atoms. The maximum absolute atomic E-state index is 10.6. The van der Waals surface area contributed by atoms with E-state index in [4.69, 9.17) is 5.73 Å². The van der Waals surface area contributed by atoms with E-state index in [0.717, 1.165) is 18.1 Å². The number of nitrogens with one attached hydrogen (secondary N) is 1. The molecule has 0 unspecified atom stereocenters. The lowest BCUT2D eigenvalue weighted by molar-refractivity contribution is 0.249. The molecule has 2 rings (SSSR count). The second-order valence-electron chi connectivity index (χ2n) is 4.94. The van der Waals surface area contributed by atoms with Gasteiger partial charge in [-0.2, -0.15) is 5.10 Å². The molecular weight excluding hydrogens is 190 g/mol. The molecule has 2 aliphatic rings. The molecule has 0 radical (unpaired) electrons. The maximum atomic E-state index is 10.6. The Bertz CT molecular complexity index is 344. The van der Waals surface area contributed by atoms with Gasteiger partial charge < -0.3 is 5.73 Å². The van der Waals surface area contributed by atoms with Crippen LogP contribution in [0.2, 0.25) is 0 Å². The molecule has 2 aliphatic carbocycles. The van der Waals surface area contributed by atoms with Crippen LogP contribution in [0.15, 0.2) is 17.3 Å². The number of fused-ring (bicyclic) bond motifs is 1. The summed E-state index contributed by atoms with van der Waals surface area (Å²) in [5.41, 5.74) is 8.35. The van der Waals surface area contributed by atoms with Gasteiger partial charge in [-0.1, -0.05) is 26.0 Å². The Hall–Kier alpha value is -1.32. The van der Waals surface area contributed by atoms with Gasteiger partial charge in [0.05, 0.1) is 5.71 Å². The number of carbonyl (C=O) groups excluding carboxylic acids is 1. The summed E-state index contributed by atoms with van der Waals surface area (Å²) in [5, 5.41) is 4.16. The maximum Gasteiger partial charge on any atom is 0.332 e. The van der Waals surface area contributed by atoms with Crippen molar-refractivity contribution < 1.29 is 4.79 Å². The average Bonchev–Trinajstić information content (AvgIpc) is 2.82. The average molecular weight is 207 g/mol. The molecule has 4 nitrogen and oxygen atoms in total. The van der Waals surface area contributed by atoms with E-state index in [9.17, 15) is 4.79 Å². The van der Waals surface area contributed by atoms with E-state index in [1.54, 1.807) is 0 Å². The van der Waals surface area contributed by atoms with Crippen LogP contribution in [-0.4, -0.2) is 11.7 Å². The molecule has 2 atom stereocenters. The number of amides is 2. The topological polar surface area (TPSA) is 67.5 Å². The van der Waals surface area contributed by atoms with Crippen molar-refractivity contribution in [3.63, 3.8) is 0 Å². The summed E-state index contributed by atoms with van der Waals surface area (Å²) in [6.07, 6.45) is 6.70. The largest absolute Gasteiger partial charge is 0.350 e. The Labute approximate surface area is 89.6 Å². The van der Waals surface area contributed by atoms with Crippen molar-refractivity contribution in [1.29, 1.82) is 0 Å². The molecule has 1 fully saturated rings. The molecule has 82 valence electrons. The van der Waals surface area contributed by atoms with Gasteiger partial charge in [0.15, 0.2) is 0 Å². The quantitative estimate of drug-likeness (QED) is 0.498. The van der Waals surface area contributed by atoms with Crippen LogP contribution >= 0.6 is 0 Å². The molecule has 1 saturated carbocycles. The number of carbonyl (C=O) groups is 1. The molecule has 0 aromatic heterocycles. The van der Waals surface area contributed by atoms with Gasteiger partial charge in [-0.25, -0.2) is 10.2 Å². The van der Waals surface area contributed by atoms with Gasteiger partial charge in [0.1, 0.15) is 0 Å². The lowest BCUT2D eigenvalue weighted by atomic mass is 9.85. The van der Waals surface area contributed by atoms with E-state index in [1.165, 1.54) is 6.42 Å². The van der Waals surface area contributed by atoms with E-state index in [0.29, 0.717) is 5.92 Å². The Morgan fingerprint density at radius 2 is 2.40 bits per heavy atom. The minimum atomic E-state index is -0.594. The van der Waals surface area contributed by atoms with Gasteiger partial charge in [-0.3, -0.25) is 0 Å². The molecular formula is C11H17N3O. The molecule has 0 aromatic carbocycles. The summed E-state index contributed by atoms with van der Waals surface area (Å²) in [4.78, 5) is 10.6. The van der Waals surface area contributed by atoms with Gasteiger partial charge >= 0.3 is 6.03 Å². The van der Waals surface area contributed by atoms with Gasteiger partial charge in [-0.05, 0) is 18.8 Å². The summed E-state index contributed by atoms with van der Waals surface area (Å²) in [5.74, 6) is 1.25. The van der Waals surface area contributed by atoms with Gasteiger partial charge in [0.25, 0.3) is 0 Å². The first kappa shape index (κ1) is 10.2. The highest BCUT2D eigenvalue weighted by molar-refractivity contribution is 5.96. The zero-order valence-electron chi connectivity index (χ0n) is 9.16. The number of rotatable bonds is 1. The molecule has 4 heteroatoms. The summed E-state index contributed by atoms with van der Waals surface area (Å²) >= 11 is 0. The highest BCUT2D eigenvalue weighted by Crippen LogP contribution is 2.49. The fraction of sp³-hybridized carbons (Fsp3) is 0.636. The molecule has 0 bridgehead atoms. The van der Waals surface area contributed by atoms with E-state index in [-0.39, 0.29) is 5.41 Å². The third-order valence-electron chi connectivity index (χ3n) is 3.19. The van der Waals surface area contributed by atoms with Crippen LogP contribution in [0.4, 0.5) is 4.79 Å². The number of urea groups is 1. The summed E-state index contributed by atoms with van der Waals surface area (Å²) < 4.78 is 0. The van der Waals surface area contributed by atoms with Crippen LogP contribution < -0.4 is 11.2 Å². The SMILES string of the molecule is CC1(C)C=CC[C@@H]2C[C@@H]2/C1=N/NC(N)=O. The minimum absolute atomic E-state index is 0.0711. The van der Waals surface area contributed by atoms with Crippen LogP contribution in [0.1, 0.15) is 26.7 Å². The Morgan fingerprint density at radius 1 is 1.67 bits per heavy atom. The first-order chi connectivity index (χ1) is 7.00. The van der Waals surface area contributed by atoms with Crippen LogP contribution in [0, 0.1) is 17.3 Å². The van der Waals surface area contributed by atoms with Crippen LogP contribution in [0.25, 0.3) is 0 Å². The number of allylic oxidation sites excluding steroid dienone is 2. The Balaban J connectivity index is 2.22. The first-order valence-corrected chi connectivity index (χ1v) is 5.32. The molecule has 15 heavy (non-hydrogen) atoms. The third-order valence-corrected chi connectivity index (χ3v) is 3.19. The number of nitrogens with two attached hydrogens (primary N) is 1. The number of hydrogen-bond acceptors (Lipinski definition) is 2. The number of hydrogen-bond donors (Lipinski definition) is 2. The van der Waals surface area contributed by atoms with E-state index in [2.05, 4.69) is 36.5 Å². The van der Waals surface area contributed by atoms with Gasteiger partial charge in [0, 0.05) is 11.3 Å². The van der Waals surface area contributed by atoms with Gasteiger partial charge in [0.2, 0.25) is 0 Å². The second kappa shape index (κ2) is 3.36. The first-order valence-electron chi connectivity index (χ1n) is 5.32. The molecule has 0 aliphatic heterocycles. The molecule has 0 heterocycles. The van der Waals surface area contributed by atoms with Crippen molar-refractivity contribution in [3.05, 3.63) is 12.2 Å². The highest BCUT2D eigenvalue weighted by atomic mass is 16.2. The number of hydrazone groups is 1. The summed E-state index contributed by atoms with van der Waals surface area (Å²) in [6, 6.07) is -0.594. The molecule has 3 N–H and O–H groups in total. The van der Waals surface area contributed by atoms with Crippen molar-refractivity contribution in [3.8, 4) is 0 Å². The highest BCUT2D eigenvalue weighted by Gasteiger charge is 2.46. The lowest BCUT2D eigenvalue weighted by Crippen LogP contribution is -2.31. The van der Waals surface area contributed by atoms with Gasteiger partial charge in [-0.15, -0.1) is 0 Å². The van der Waals surface area contributed by atoms with Crippen molar-refractivity contribution in [2.24, 2.45) is 28.1 Å². The van der Waals surface area contributed by atoms with Crippen molar-refractivity contribution in [1.82, 2.24) is 5.43 Å². The van der Waals surface area contributed by atoms with Crippen LogP contribution in [0.3, 0.4) is 0 Å². The van der Waals surface area contributed by atoms with Crippen LogP contribution in [-0.2, 0) is 0 Å². The smallest absolute Gasteiger partial charge is 0.332 e. The number of primary amides is 1. The van der Waals surface area contributed by atoms with E-state index in [1.807, 2.05) is 0 Å². The van der Waals surface area contributed by atoms with Crippen molar-refractivity contribution in [2.45, 2.75) is 26.7 Å². The Kier molecular flexibility index (Phi) is 2.29. The summed E-state index contributed by atoms with van der Waals surface area (Å²) in [7, 11) is 0. The van der Waals surface area contributed by atoms with Crippen molar-refractivity contribution in [2.75, 3.05) is 0 Å². The molecule has 0 aromatic rings. The van der Waals surface area contributed by atoms with Crippen molar-refractivity contribution >= 4 is 11.7 Å². The lowest BCUT2D eigenvalue weighted by Gasteiger charge is -2.22. The van der Waals surface area contributed by atoms with Crippen LogP contribution in [0.5, 0.6) is 0 Å². The fourth-order valence-corrected chi connectivity index (χ4v) is 2.29. The molecule has 0 saturated heterocycles. The summed E-state index contributed by atoms with van der Waals surface area (Å²) in [6.45, 7) is 4.23. The standard InChI is InChI=1S/C11H17N3O/c1-11(2)5-3-4-7-6-8(7)9(11)13-14-10(12)15/h3,5,7-8H,4,6H2,1-2H3,(H3,12,14,15)/b13-9-/t7-,8+/m1/s1. The van der Waals surface area contributed by atoms with E-state index < -0.39 is 6.03 Å². The zero-order chi connectivity index (χ0) is 11.1. The predicted octanol–water partition coefficient (Wildman–Crippen LogP) is 1.63.